The van der Waals surface area contributed by atoms with E-state index in [0.717, 1.165) is 37.9 Å². The fourth-order valence-corrected chi connectivity index (χ4v) is 3.25. The second-order valence-electron chi connectivity index (χ2n) is 7.08. The molecule has 2 aromatic carbocycles. The number of halogens is 1. The van der Waals surface area contributed by atoms with Crippen molar-refractivity contribution in [2.75, 3.05) is 6.61 Å². The maximum Gasteiger partial charge on any atom is 0.346 e. The van der Waals surface area contributed by atoms with E-state index in [1.54, 1.807) is 18.2 Å². The van der Waals surface area contributed by atoms with Crippen molar-refractivity contribution in [2.45, 2.75) is 52.4 Å². The fourth-order valence-electron chi connectivity index (χ4n) is 3.25. The number of fused-ring (bicyclic) bond motifs is 1. The first-order valence-corrected chi connectivity index (χ1v) is 10.1. The largest absolute Gasteiger partial charge is 0.494 e. The summed E-state index contributed by atoms with van der Waals surface area (Å²) in [6, 6.07) is 12.6. The van der Waals surface area contributed by atoms with Gasteiger partial charge in [0.25, 0.3) is 0 Å². The SMILES string of the molecule is CCCCCc1cc2ccc(-c3ccc(OCCCC)cc3)c(F)c2c(=O)o1. The van der Waals surface area contributed by atoms with Crippen LogP contribution >= 0.6 is 0 Å². The van der Waals surface area contributed by atoms with Crippen molar-refractivity contribution in [1.82, 2.24) is 0 Å². The predicted molar refractivity (Wildman–Crippen MR) is 112 cm³/mol. The second kappa shape index (κ2) is 9.54. The second-order valence-corrected chi connectivity index (χ2v) is 7.08. The van der Waals surface area contributed by atoms with Crippen molar-refractivity contribution in [3.63, 3.8) is 0 Å². The lowest BCUT2D eigenvalue weighted by Crippen LogP contribution is -2.05. The van der Waals surface area contributed by atoms with E-state index in [9.17, 15) is 4.79 Å². The molecule has 1 heterocycles. The molecule has 0 bridgehead atoms. The van der Waals surface area contributed by atoms with Crippen molar-refractivity contribution < 1.29 is 13.5 Å². The lowest BCUT2D eigenvalue weighted by Gasteiger charge is -2.09. The van der Waals surface area contributed by atoms with Crippen LogP contribution in [0, 0.1) is 5.82 Å². The first-order chi connectivity index (χ1) is 13.6. The van der Waals surface area contributed by atoms with Crippen LogP contribution in [-0.2, 0) is 6.42 Å². The van der Waals surface area contributed by atoms with Crippen molar-refractivity contribution in [3.05, 3.63) is 64.5 Å². The number of rotatable bonds is 9. The van der Waals surface area contributed by atoms with Gasteiger partial charge in [0.15, 0.2) is 0 Å². The molecule has 0 aliphatic rings. The van der Waals surface area contributed by atoms with Crippen LogP contribution in [0.4, 0.5) is 4.39 Å². The average Bonchev–Trinajstić information content (AvgIpc) is 2.69. The molecule has 0 spiro atoms. The van der Waals surface area contributed by atoms with E-state index in [1.807, 2.05) is 24.3 Å². The van der Waals surface area contributed by atoms with Gasteiger partial charge in [0.1, 0.15) is 22.7 Å². The van der Waals surface area contributed by atoms with Gasteiger partial charge in [-0.15, -0.1) is 0 Å². The molecule has 0 aliphatic carbocycles. The molecule has 148 valence electrons. The van der Waals surface area contributed by atoms with Crippen molar-refractivity contribution in [2.24, 2.45) is 0 Å². The van der Waals surface area contributed by atoms with Gasteiger partial charge in [-0.05, 0) is 42.0 Å². The number of hydrogen-bond donors (Lipinski definition) is 0. The van der Waals surface area contributed by atoms with E-state index in [1.165, 1.54) is 0 Å². The molecular formula is C24H27FO3. The van der Waals surface area contributed by atoms with E-state index in [0.29, 0.717) is 35.3 Å². The standard InChI is InChI=1S/C24H27FO3/c1-3-5-7-8-20-16-18-11-14-21(23(25)22(18)24(26)28-20)17-9-12-19(13-10-17)27-15-6-4-2/h9-14,16H,3-8,15H2,1-2H3. The van der Waals surface area contributed by atoms with Crippen LogP contribution in [0.1, 0.15) is 51.7 Å². The van der Waals surface area contributed by atoms with Crippen LogP contribution < -0.4 is 10.4 Å². The molecule has 0 saturated heterocycles. The third-order valence-electron chi connectivity index (χ3n) is 4.88. The molecule has 3 rings (SSSR count). The predicted octanol–water partition coefficient (Wildman–Crippen LogP) is 6.51. The first kappa shape index (κ1) is 20.1. The van der Waals surface area contributed by atoms with Crippen LogP contribution in [-0.4, -0.2) is 6.61 Å². The minimum absolute atomic E-state index is 0.0139. The van der Waals surface area contributed by atoms with E-state index in [-0.39, 0.29) is 5.39 Å². The Morgan fingerprint density at radius 2 is 1.71 bits per heavy atom. The van der Waals surface area contributed by atoms with Crippen molar-refractivity contribution in [3.8, 4) is 16.9 Å². The smallest absolute Gasteiger partial charge is 0.346 e. The Morgan fingerprint density at radius 1 is 0.964 bits per heavy atom. The molecular weight excluding hydrogens is 355 g/mol. The Labute approximate surface area is 165 Å². The van der Waals surface area contributed by atoms with Gasteiger partial charge in [-0.3, -0.25) is 0 Å². The molecule has 3 nitrogen and oxygen atoms in total. The summed E-state index contributed by atoms with van der Waals surface area (Å²) in [6.45, 7) is 4.90. The normalized spacial score (nSPS) is 11.1. The van der Waals surface area contributed by atoms with Gasteiger partial charge in [-0.1, -0.05) is 57.4 Å². The van der Waals surface area contributed by atoms with Gasteiger partial charge in [0.2, 0.25) is 0 Å². The minimum Gasteiger partial charge on any atom is -0.494 e. The molecule has 0 saturated carbocycles. The summed E-state index contributed by atoms with van der Waals surface area (Å²) in [4.78, 5) is 12.4. The monoisotopic (exact) mass is 382 g/mol. The maximum absolute atomic E-state index is 15.1. The maximum atomic E-state index is 15.1. The zero-order valence-electron chi connectivity index (χ0n) is 16.6. The highest BCUT2D eigenvalue weighted by Crippen LogP contribution is 2.29. The van der Waals surface area contributed by atoms with Crippen LogP contribution in [0.3, 0.4) is 0 Å². The fraction of sp³-hybridized carbons (Fsp3) is 0.375. The summed E-state index contributed by atoms with van der Waals surface area (Å²) < 4.78 is 26.1. The van der Waals surface area contributed by atoms with E-state index < -0.39 is 11.4 Å². The summed E-state index contributed by atoms with van der Waals surface area (Å²) in [5.74, 6) is 0.840. The number of ether oxygens (including phenoxy) is 1. The Bertz CT molecular complexity index is 974. The summed E-state index contributed by atoms with van der Waals surface area (Å²) in [5, 5.41) is 0.600. The lowest BCUT2D eigenvalue weighted by molar-refractivity contribution is 0.309. The van der Waals surface area contributed by atoms with Crippen molar-refractivity contribution in [1.29, 1.82) is 0 Å². The Morgan fingerprint density at radius 3 is 2.43 bits per heavy atom. The van der Waals surface area contributed by atoms with Crippen molar-refractivity contribution >= 4 is 10.8 Å². The topological polar surface area (TPSA) is 39.4 Å². The van der Waals surface area contributed by atoms with Gasteiger partial charge in [-0.25, -0.2) is 9.18 Å². The minimum atomic E-state index is -0.608. The number of hydrogen-bond acceptors (Lipinski definition) is 3. The van der Waals surface area contributed by atoms with Crippen LogP contribution in [0.2, 0.25) is 0 Å². The van der Waals surface area contributed by atoms with E-state index >= 15 is 4.39 Å². The highest BCUT2D eigenvalue weighted by molar-refractivity contribution is 5.87. The van der Waals surface area contributed by atoms with Crippen LogP contribution in [0.25, 0.3) is 21.9 Å². The van der Waals surface area contributed by atoms with Gasteiger partial charge in [0, 0.05) is 12.0 Å². The lowest BCUT2D eigenvalue weighted by atomic mass is 10.0. The average molecular weight is 382 g/mol. The highest BCUT2D eigenvalue weighted by Gasteiger charge is 2.15. The Kier molecular flexibility index (Phi) is 6.85. The molecule has 1 aromatic heterocycles. The van der Waals surface area contributed by atoms with Gasteiger partial charge in [0.05, 0.1) is 6.61 Å². The molecule has 4 heteroatoms. The molecule has 28 heavy (non-hydrogen) atoms. The van der Waals surface area contributed by atoms with Gasteiger partial charge >= 0.3 is 5.63 Å². The Hall–Kier alpha value is -2.62. The Balaban J connectivity index is 1.88. The zero-order valence-corrected chi connectivity index (χ0v) is 16.6. The van der Waals surface area contributed by atoms with E-state index in [2.05, 4.69) is 13.8 Å². The quantitative estimate of drug-likeness (QED) is 0.396. The van der Waals surface area contributed by atoms with Crippen LogP contribution in [0.5, 0.6) is 5.75 Å². The van der Waals surface area contributed by atoms with Crippen LogP contribution in [0.15, 0.2) is 51.7 Å². The molecule has 0 fully saturated rings. The molecule has 0 aliphatic heterocycles. The zero-order chi connectivity index (χ0) is 19.9. The number of benzene rings is 2. The molecule has 0 radical (unpaired) electrons. The third-order valence-corrected chi connectivity index (χ3v) is 4.88. The molecule has 0 N–H and O–H groups in total. The molecule has 0 amide bonds. The molecule has 0 atom stereocenters. The highest BCUT2D eigenvalue weighted by atomic mass is 19.1. The molecule has 0 unspecified atom stereocenters. The number of aryl methyl sites for hydroxylation is 1. The first-order valence-electron chi connectivity index (χ1n) is 10.1. The van der Waals surface area contributed by atoms with Gasteiger partial charge in [-0.2, -0.15) is 0 Å². The third kappa shape index (κ3) is 4.61. The summed E-state index contributed by atoms with van der Waals surface area (Å²) >= 11 is 0. The molecule has 3 aromatic rings. The summed E-state index contributed by atoms with van der Waals surface area (Å²) in [7, 11) is 0. The summed E-state index contributed by atoms with van der Waals surface area (Å²) in [5.41, 5.74) is 0.482. The number of unbranched alkanes of at least 4 members (excludes halogenated alkanes) is 3. The van der Waals surface area contributed by atoms with Gasteiger partial charge < -0.3 is 9.15 Å². The summed E-state index contributed by atoms with van der Waals surface area (Å²) in [6.07, 6.45) is 5.89. The van der Waals surface area contributed by atoms with E-state index in [4.69, 9.17) is 9.15 Å².